The normalized spacial score (nSPS) is 4.00. The second-order valence-electron chi connectivity index (χ2n) is 0.283. The largest absolute Gasteiger partial charge is 1.00 e. The zero-order valence-corrected chi connectivity index (χ0v) is 4.80. The van der Waals surface area contributed by atoms with Crippen molar-refractivity contribution >= 4 is 23.5 Å². The first-order chi connectivity index (χ1) is 1.73. The molecule has 5 heteroatoms. The molecule has 0 unspecified atom stereocenters. The monoisotopic (exact) mass is 116 g/mol. The van der Waals surface area contributed by atoms with Crippen molar-refractivity contribution in [1.29, 1.82) is 0 Å². The van der Waals surface area contributed by atoms with Gasteiger partial charge in [-0.15, -0.1) is 0 Å². The van der Waals surface area contributed by atoms with Gasteiger partial charge in [-0.25, -0.2) is 4.79 Å². The van der Waals surface area contributed by atoms with Crippen molar-refractivity contribution < 1.29 is 46.0 Å². The third kappa shape index (κ3) is 108. The predicted octanol–water partition coefficient (Wildman–Crippen LogP) is -3.85. The zero-order valence-electron chi connectivity index (χ0n) is 3.80. The first-order valence-corrected chi connectivity index (χ1v) is 0.651. The SMILES string of the molecule is O=C(O)O.[AlH3].[H-].[Na+]. The van der Waals surface area contributed by atoms with Crippen molar-refractivity contribution in [2.45, 2.75) is 0 Å². The third-order valence-corrected chi connectivity index (χ3v) is 0. The van der Waals surface area contributed by atoms with Crippen molar-refractivity contribution in [2.75, 3.05) is 0 Å². The molecule has 0 bridgehead atoms. The minimum Gasteiger partial charge on any atom is -1.00 e. The van der Waals surface area contributed by atoms with E-state index in [9.17, 15) is 0 Å². The van der Waals surface area contributed by atoms with Crippen LogP contribution in [0.1, 0.15) is 1.43 Å². The summed E-state index contributed by atoms with van der Waals surface area (Å²) in [4.78, 5) is 8.56. The van der Waals surface area contributed by atoms with Crippen LogP contribution in [0.4, 0.5) is 4.79 Å². The molecule has 2 N–H and O–H groups in total. The molecule has 0 aliphatic heterocycles. The van der Waals surface area contributed by atoms with Gasteiger partial charge in [-0.05, 0) is 0 Å². The summed E-state index contributed by atoms with van der Waals surface area (Å²) in [6.45, 7) is 0. The molecule has 0 aliphatic carbocycles. The van der Waals surface area contributed by atoms with Gasteiger partial charge >= 0.3 is 35.7 Å². The van der Waals surface area contributed by atoms with Gasteiger partial charge in [0.25, 0.3) is 0 Å². The summed E-state index contributed by atoms with van der Waals surface area (Å²) >= 11 is 0. The molecule has 0 rings (SSSR count). The Hall–Kier alpha value is 0.802. The summed E-state index contributed by atoms with van der Waals surface area (Å²) in [7, 11) is 0. The molecule has 0 radical (unpaired) electrons. The van der Waals surface area contributed by atoms with Crippen LogP contribution in [0.25, 0.3) is 0 Å². The van der Waals surface area contributed by atoms with Gasteiger partial charge in [-0.2, -0.15) is 0 Å². The van der Waals surface area contributed by atoms with Gasteiger partial charge in [0.15, 0.2) is 17.4 Å². The molecule has 0 atom stereocenters. The molecule has 0 aromatic carbocycles. The van der Waals surface area contributed by atoms with Crippen LogP contribution in [0.5, 0.6) is 0 Å². The third-order valence-electron chi connectivity index (χ3n) is 0. The molecule has 0 aromatic heterocycles. The Morgan fingerprint density at radius 2 is 1.50 bits per heavy atom. The number of carbonyl (C=O) groups is 1. The Balaban J connectivity index is -0.0000000150. The fraction of sp³-hybridized carbons (Fsp3) is 0. The van der Waals surface area contributed by atoms with Gasteiger partial charge in [-0.1, -0.05) is 0 Å². The quantitative estimate of drug-likeness (QED) is 0.319. The van der Waals surface area contributed by atoms with E-state index in [0.717, 1.165) is 0 Å². The standard InChI is InChI=1S/CH2O3.Al.Na.4H/c2-1(3)4;;;;;;/h(H2,2,3,4);;;;;;/q;;+1;;;;-1. The first-order valence-electron chi connectivity index (χ1n) is 0.651. The molecule has 0 amide bonds. The van der Waals surface area contributed by atoms with E-state index in [-0.39, 0.29) is 48.3 Å². The summed E-state index contributed by atoms with van der Waals surface area (Å²) in [5, 5.41) is 13.9. The minimum atomic E-state index is -1.83. The van der Waals surface area contributed by atoms with E-state index in [1.807, 2.05) is 0 Å². The van der Waals surface area contributed by atoms with E-state index >= 15 is 0 Å². The number of carboxylic acid groups (broad SMARTS) is 2. The first kappa shape index (κ1) is 15.8. The van der Waals surface area contributed by atoms with Crippen LogP contribution in [0, 0.1) is 0 Å². The Morgan fingerprint density at radius 3 is 1.50 bits per heavy atom. The van der Waals surface area contributed by atoms with Crippen LogP contribution in [0.3, 0.4) is 0 Å². The maximum Gasteiger partial charge on any atom is 1.00 e. The van der Waals surface area contributed by atoms with Crippen molar-refractivity contribution in [2.24, 2.45) is 0 Å². The molecule has 0 saturated heterocycles. The maximum absolute atomic E-state index is 8.56. The van der Waals surface area contributed by atoms with Crippen LogP contribution < -0.4 is 29.6 Å². The van der Waals surface area contributed by atoms with E-state index < -0.39 is 6.16 Å². The Bertz CT molecular complexity index is 37.9. The maximum atomic E-state index is 8.56. The second kappa shape index (κ2) is 9.26. The Labute approximate surface area is 69.3 Å². The van der Waals surface area contributed by atoms with E-state index in [1.54, 1.807) is 0 Å². The number of hydrogen-bond acceptors (Lipinski definition) is 1. The average molecular weight is 116 g/mol. The molecule has 0 fully saturated rings. The van der Waals surface area contributed by atoms with Crippen molar-refractivity contribution in [3.8, 4) is 0 Å². The Morgan fingerprint density at radius 1 is 1.50 bits per heavy atom. The molecular formula is CH6AlNaO3. The fourth-order valence-electron chi connectivity index (χ4n) is 0. The van der Waals surface area contributed by atoms with Crippen LogP contribution in [0.2, 0.25) is 0 Å². The molecule has 32 valence electrons. The predicted molar refractivity (Wildman–Crippen MR) is 21.7 cm³/mol. The van der Waals surface area contributed by atoms with E-state index in [4.69, 9.17) is 15.0 Å². The minimum absolute atomic E-state index is 0. The van der Waals surface area contributed by atoms with Crippen LogP contribution in [-0.4, -0.2) is 33.7 Å². The summed E-state index contributed by atoms with van der Waals surface area (Å²) in [6, 6.07) is 0. The van der Waals surface area contributed by atoms with Crippen molar-refractivity contribution in [3.63, 3.8) is 0 Å². The second-order valence-corrected chi connectivity index (χ2v) is 0.283. The smallest absolute Gasteiger partial charge is 1.00 e. The van der Waals surface area contributed by atoms with Crippen molar-refractivity contribution in [3.05, 3.63) is 0 Å². The van der Waals surface area contributed by atoms with Gasteiger partial charge in [0.2, 0.25) is 0 Å². The molecule has 6 heavy (non-hydrogen) atoms. The topological polar surface area (TPSA) is 57.5 Å². The zero-order chi connectivity index (χ0) is 3.58. The molecular weight excluding hydrogens is 110 g/mol. The fourth-order valence-corrected chi connectivity index (χ4v) is 0. The number of rotatable bonds is 0. The van der Waals surface area contributed by atoms with Crippen molar-refractivity contribution in [1.82, 2.24) is 0 Å². The number of hydrogen-bond donors (Lipinski definition) is 2. The van der Waals surface area contributed by atoms with Gasteiger partial charge in [0.05, 0.1) is 0 Å². The Kier molecular flexibility index (Phi) is 24.4. The van der Waals surface area contributed by atoms with E-state index in [0.29, 0.717) is 0 Å². The van der Waals surface area contributed by atoms with Gasteiger partial charge in [0, 0.05) is 0 Å². The summed E-state index contributed by atoms with van der Waals surface area (Å²) in [5.41, 5.74) is 0. The van der Waals surface area contributed by atoms with E-state index in [1.165, 1.54) is 0 Å². The molecule has 0 aromatic rings. The molecule has 3 nitrogen and oxygen atoms in total. The van der Waals surface area contributed by atoms with Crippen LogP contribution >= 0.6 is 0 Å². The molecule has 0 heterocycles. The molecule has 0 aliphatic rings. The molecule has 0 saturated carbocycles. The van der Waals surface area contributed by atoms with Crippen LogP contribution in [0.15, 0.2) is 0 Å². The summed E-state index contributed by atoms with van der Waals surface area (Å²) < 4.78 is 0. The van der Waals surface area contributed by atoms with E-state index in [2.05, 4.69) is 0 Å². The van der Waals surface area contributed by atoms with Gasteiger partial charge < -0.3 is 11.6 Å². The average Bonchev–Trinajstić information content (AvgIpc) is 0.811. The van der Waals surface area contributed by atoms with Crippen LogP contribution in [-0.2, 0) is 0 Å². The van der Waals surface area contributed by atoms with Gasteiger partial charge in [-0.3, -0.25) is 0 Å². The molecule has 0 spiro atoms. The summed E-state index contributed by atoms with van der Waals surface area (Å²) in [5.74, 6) is 0. The summed E-state index contributed by atoms with van der Waals surface area (Å²) in [6.07, 6.45) is -1.83. The van der Waals surface area contributed by atoms with Gasteiger partial charge in [0.1, 0.15) is 0 Å².